The zero-order valence-corrected chi connectivity index (χ0v) is 9.61. The number of alkyl halides is 3. The summed E-state index contributed by atoms with van der Waals surface area (Å²) >= 11 is 0. The molecule has 4 nitrogen and oxygen atoms in total. The third-order valence-corrected chi connectivity index (χ3v) is 1.91. The minimum Gasteiger partial charge on any atom is -0.380 e. The molecule has 8 heteroatoms. The maximum absolute atomic E-state index is 12.9. The number of nitrogens with one attached hydrogen (secondary N) is 2. The molecule has 1 aromatic carbocycles. The molecule has 0 aromatic heterocycles. The number of benzene rings is 1. The molecule has 0 heterocycles. The average molecular weight is 266 g/mol. The summed E-state index contributed by atoms with van der Waals surface area (Å²) in [5.74, 6) is 3.13. The topological polar surface area (TPSA) is 87.9 Å². The van der Waals surface area contributed by atoms with E-state index in [9.17, 15) is 17.6 Å². The predicted octanol–water partition coefficient (Wildman–Crippen LogP) is 2.16. The van der Waals surface area contributed by atoms with Crippen LogP contribution in [0.4, 0.5) is 23.2 Å². The standard InChI is InChI=1S/C8H11FN2.C2H3F3N2/c1-2-6-3-4-7(11-10)5-8(6)9;3-2(4,5)1(6)7/h3-5,11H,2,10H2,1H3;(H3,6,7). The van der Waals surface area contributed by atoms with E-state index in [4.69, 9.17) is 11.3 Å². The Morgan fingerprint density at radius 2 is 1.89 bits per heavy atom. The lowest BCUT2D eigenvalue weighted by Crippen LogP contribution is -2.29. The molecule has 0 amide bonds. The first-order valence-electron chi connectivity index (χ1n) is 4.88. The third-order valence-electron chi connectivity index (χ3n) is 1.91. The second kappa shape index (κ2) is 6.80. The number of hydrogen-bond donors (Lipinski definition) is 4. The number of nitrogen functional groups attached to an aromatic ring is 1. The van der Waals surface area contributed by atoms with Crippen LogP contribution in [0, 0.1) is 11.2 Å². The van der Waals surface area contributed by atoms with Gasteiger partial charge < -0.3 is 11.2 Å². The molecule has 0 bridgehead atoms. The van der Waals surface area contributed by atoms with E-state index in [1.807, 2.05) is 6.92 Å². The predicted molar refractivity (Wildman–Crippen MR) is 61.6 cm³/mol. The molecule has 0 unspecified atom stereocenters. The summed E-state index contributed by atoms with van der Waals surface area (Å²) in [6.07, 6.45) is -3.93. The molecule has 0 fully saturated rings. The van der Waals surface area contributed by atoms with E-state index in [2.05, 4.69) is 11.2 Å². The highest BCUT2D eigenvalue weighted by Crippen LogP contribution is 2.13. The fraction of sp³-hybridized carbons (Fsp3) is 0.300. The van der Waals surface area contributed by atoms with E-state index >= 15 is 0 Å². The first-order chi connectivity index (χ1) is 8.22. The fourth-order valence-electron chi connectivity index (χ4n) is 0.924. The Labute approximate surface area is 101 Å². The summed E-state index contributed by atoms with van der Waals surface area (Å²) in [5.41, 5.74) is 7.72. The van der Waals surface area contributed by atoms with E-state index in [1.165, 1.54) is 6.07 Å². The van der Waals surface area contributed by atoms with Crippen LogP contribution in [0.5, 0.6) is 0 Å². The smallest absolute Gasteiger partial charge is 0.380 e. The molecule has 0 aliphatic carbocycles. The normalized spacial score (nSPS) is 10.3. The van der Waals surface area contributed by atoms with Crippen molar-refractivity contribution < 1.29 is 17.6 Å². The molecule has 1 rings (SSSR count). The van der Waals surface area contributed by atoms with Crippen LogP contribution in [0.3, 0.4) is 0 Å². The Morgan fingerprint density at radius 3 is 2.17 bits per heavy atom. The minimum atomic E-state index is -4.64. The Balaban J connectivity index is 0.000000360. The van der Waals surface area contributed by atoms with Crippen molar-refractivity contribution in [2.45, 2.75) is 19.5 Å². The van der Waals surface area contributed by atoms with Crippen molar-refractivity contribution in [3.8, 4) is 0 Å². The van der Waals surface area contributed by atoms with Gasteiger partial charge in [-0.25, -0.2) is 4.39 Å². The zero-order chi connectivity index (χ0) is 14.3. The second-order valence-corrected chi connectivity index (χ2v) is 3.22. The second-order valence-electron chi connectivity index (χ2n) is 3.22. The van der Waals surface area contributed by atoms with Crippen molar-refractivity contribution in [1.82, 2.24) is 0 Å². The van der Waals surface area contributed by atoms with Crippen LogP contribution >= 0.6 is 0 Å². The van der Waals surface area contributed by atoms with Crippen molar-refractivity contribution >= 4 is 11.5 Å². The van der Waals surface area contributed by atoms with E-state index in [0.717, 1.165) is 0 Å². The fourth-order valence-corrected chi connectivity index (χ4v) is 0.924. The van der Waals surface area contributed by atoms with Gasteiger partial charge in [0.15, 0.2) is 5.84 Å². The van der Waals surface area contributed by atoms with Gasteiger partial charge in [0, 0.05) is 0 Å². The van der Waals surface area contributed by atoms with Gasteiger partial charge in [-0.05, 0) is 24.1 Å². The molecule has 0 saturated heterocycles. The van der Waals surface area contributed by atoms with Crippen LogP contribution in [0.1, 0.15) is 12.5 Å². The van der Waals surface area contributed by atoms with E-state index in [0.29, 0.717) is 17.7 Å². The van der Waals surface area contributed by atoms with E-state index in [1.54, 1.807) is 12.1 Å². The minimum absolute atomic E-state index is 0.206. The molecule has 102 valence electrons. The van der Waals surface area contributed by atoms with Gasteiger partial charge in [-0.2, -0.15) is 13.2 Å². The van der Waals surface area contributed by atoms with Gasteiger partial charge in [0.2, 0.25) is 0 Å². The summed E-state index contributed by atoms with van der Waals surface area (Å²) in [5, 5.41) is 5.80. The lowest BCUT2D eigenvalue weighted by Gasteiger charge is -2.02. The van der Waals surface area contributed by atoms with Crippen molar-refractivity contribution in [2.75, 3.05) is 5.43 Å². The van der Waals surface area contributed by atoms with Gasteiger partial charge in [0.25, 0.3) is 0 Å². The largest absolute Gasteiger partial charge is 0.448 e. The number of hydrogen-bond acceptors (Lipinski definition) is 3. The summed E-state index contributed by atoms with van der Waals surface area (Å²) in [6, 6.07) is 4.87. The van der Waals surface area contributed by atoms with Crippen LogP contribution in [0.25, 0.3) is 0 Å². The van der Waals surface area contributed by atoms with Crippen LogP contribution in [-0.4, -0.2) is 12.0 Å². The Morgan fingerprint density at radius 1 is 1.39 bits per heavy atom. The van der Waals surface area contributed by atoms with Crippen LogP contribution in [-0.2, 0) is 6.42 Å². The third kappa shape index (κ3) is 5.48. The molecule has 0 spiro atoms. The lowest BCUT2D eigenvalue weighted by atomic mass is 10.1. The monoisotopic (exact) mass is 266 g/mol. The lowest BCUT2D eigenvalue weighted by molar-refractivity contribution is -0.0606. The molecular weight excluding hydrogens is 252 g/mol. The summed E-state index contributed by atoms with van der Waals surface area (Å²) < 4.78 is 45.4. The molecule has 18 heavy (non-hydrogen) atoms. The highest BCUT2D eigenvalue weighted by Gasteiger charge is 2.31. The van der Waals surface area contributed by atoms with Crippen molar-refractivity contribution in [3.05, 3.63) is 29.6 Å². The molecule has 0 atom stereocenters. The Hall–Kier alpha value is -1.83. The Kier molecular flexibility index (Phi) is 6.11. The maximum atomic E-state index is 12.9. The Bertz CT molecular complexity index is 403. The summed E-state index contributed by atoms with van der Waals surface area (Å²) in [7, 11) is 0. The zero-order valence-electron chi connectivity index (χ0n) is 9.61. The number of amidine groups is 1. The number of halogens is 4. The van der Waals surface area contributed by atoms with Gasteiger partial charge in [-0.15, -0.1) is 0 Å². The van der Waals surface area contributed by atoms with Gasteiger partial charge in [-0.1, -0.05) is 13.0 Å². The molecule has 0 saturated carbocycles. The maximum Gasteiger partial charge on any atom is 0.448 e. The highest BCUT2D eigenvalue weighted by molar-refractivity contribution is 5.82. The van der Waals surface area contributed by atoms with Gasteiger partial charge in [0.05, 0.1) is 5.69 Å². The van der Waals surface area contributed by atoms with Crippen molar-refractivity contribution in [1.29, 1.82) is 5.41 Å². The highest BCUT2D eigenvalue weighted by atomic mass is 19.4. The molecule has 1 aromatic rings. The number of anilines is 1. The number of aryl methyl sites for hydroxylation is 1. The number of nitrogens with two attached hydrogens (primary N) is 2. The number of hydrazine groups is 1. The van der Waals surface area contributed by atoms with Crippen LogP contribution in [0.15, 0.2) is 18.2 Å². The molecule has 0 radical (unpaired) electrons. The molecule has 6 N–H and O–H groups in total. The number of rotatable bonds is 2. The quantitative estimate of drug-likeness (QED) is 0.217. The summed E-state index contributed by atoms with van der Waals surface area (Å²) in [4.78, 5) is 0. The molecule has 0 aliphatic rings. The van der Waals surface area contributed by atoms with E-state index in [-0.39, 0.29) is 5.82 Å². The molecule has 0 aliphatic heterocycles. The van der Waals surface area contributed by atoms with Gasteiger partial charge in [-0.3, -0.25) is 11.3 Å². The van der Waals surface area contributed by atoms with Crippen LogP contribution < -0.4 is 17.0 Å². The molecular formula is C10H14F4N4. The van der Waals surface area contributed by atoms with Crippen LogP contribution in [0.2, 0.25) is 0 Å². The SMILES string of the molecule is CCc1ccc(NN)cc1F.N=C(N)C(F)(F)F. The first-order valence-corrected chi connectivity index (χ1v) is 4.88. The van der Waals surface area contributed by atoms with Gasteiger partial charge in [0.1, 0.15) is 5.82 Å². The summed E-state index contributed by atoms with van der Waals surface area (Å²) in [6.45, 7) is 1.91. The van der Waals surface area contributed by atoms with Crippen molar-refractivity contribution in [2.24, 2.45) is 11.6 Å². The van der Waals surface area contributed by atoms with E-state index < -0.39 is 12.0 Å². The van der Waals surface area contributed by atoms with Crippen molar-refractivity contribution in [3.63, 3.8) is 0 Å². The average Bonchev–Trinajstić information content (AvgIpc) is 2.28. The van der Waals surface area contributed by atoms with Gasteiger partial charge >= 0.3 is 6.18 Å². The first kappa shape index (κ1) is 16.2.